The zero-order valence-electron chi connectivity index (χ0n) is 11.8. The molecule has 0 unspecified atom stereocenters. The van der Waals surface area contributed by atoms with E-state index >= 15 is 0 Å². The highest BCUT2D eigenvalue weighted by Gasteiger charge is 2.34. The number of nitrogens with zero attached hydrogens (tertiary/aromatic N) is 2. The molecule has 21 heavy (non-hydrogen) atoms. The summed E-state index contributed by atoms with van der Waals surface area (Å²) in [4.78, 5) is 33.2. The fourth-order valence-corrected chi connectivity index (χ4v) is 3.35. The number of amides is 1. The third-order valence-electron chi connectivity index (χ3n) is 3.35. The second kappa shape index (κ2) is 5.04. The van der Waals surface area contributed by atoms with Crippen molar-refractivity contribution in [2.45, 2.75) is 26.7 Å². The number of fused-ring (bicyclic) bond motifs is 1. The predicted molar refractivity (Wildman–Crippen MR) is 80.7 cm³/mol. The molecule has 0 atom stereocenters. The van der Waals surface area contributed by atoms with Crippen LogP contribution in [0.1, 0.15) is 46.1 Å². The van der Waals surface area contributed by atoms with E-state index in [2.05, 4.69) is 29.1 Å². The highest BCUT2D eigenvalue weighted by atomic mass is 32.1. The van der Waals surface area contributed by atoms with Crippen LogP contribution < -0.4 is 5.32 Å². The number of anilines is 1. The Morgan fingerprint density at radius 2 is 2.14 bits per heavy atom. The van der Waals surface area contributed by atoms with E-state index in [9.17, 15) is 9.59 Å². The van der Waals surface area contributed by atoms with E-state index in [1.165, 1.54) is 11.3 Å². The molecule has 1 aliphatic rings. The van der Waals surface area contributed by atoms with Gasteiger partial charge in [-0.2, -0.15) is 0 Å². The third kappa shape index (κ3) is 2.85. The Bertz CT molecular complexity index is 707. The largest absolute Gasteiger partial charge is 0.296 e. The van der Waals surface area contributed by atoms with Gasteiger partial charge in [0.2, 0.25) is 0 Å². The van der Waals surface area contributed by atoms with E-state index in [1.54, 1.807) is 24.4 Å². The molecule has 1 N–H and O–H groups in total. The maximum absolute atomic E-state index is 12.1. The minimum atomic E-state index is -0.312. The summed E-state index contributed by atoms with van der Waals surface area (Å²) in [6.45, 7) is 4.11. The molecule has 108 valence electrons. The number of pyridine rings is 1. The van der Waals surface area contributed by atoms with E-state index < -0.39 is 0 Å². The van der Waals surface area contributed by atoms with E-state index in [-0.39, 0.29) is 17.1 Å². The minimum absolute atomic E-state index is 0.0690. The van der Waals surface area contributed by atoms with Gasteiger partial charge in [-0.15, -0.1) is 0 Å². The maximum Gasteiger partial charge on any atom is 0.276 e. The molecule has 6 heteroatoms. The van der Waals surface area contributed by atoms with Crippen molar-refractivity contribution in [3.63, 3.8) is 0 Å². The number of hydrogen-bond donors (Lipinski definition) is 1. The van der Waals surface area contributed by atoms with Gasteiger partial charge in [-0.1, -0.05) is 31.3 Å². The minimum Gasteiger partial charge on any atom is -0.296 e. The highest BCUT2D eigenvalue weighted by Crippen LogP contribution is 2.38. The molecule has 0 aliphatic heterocycles. The number of aromatic nitrogens is 2. The molecule has 2 heterocycles. The first-order valence-electron chi connectivity index (χ1n) is 6.70. The number of carbonyl (C=O) groups excluding carboxylic acids is 2. The average Bonchev–Trinajstić information content (AvgIpc) is 2.81. The van der Waals surface area contributed by atoms with Crippen LogP contribution in [0, 0.1) is 5.41 Å². The maximum atomic E-state index is 12.1. The fraction of sp³-hybridized carbons (Fsp3) is 0.333. The Morgan fingerprint density at radius 3 is 2.86 bits per heavy atom. The molecule has 1 aliphatic carbocycles. The molecular weight excluding hydrogens is 286 g/mol. The highest BCUT2D eigenvalue weighted by molar-refractivity contribution is 7.17. The van der Waals surface area contributed by atoms with Gasteiger partial charge >= 0.3 is 0 Å². The summed E-state index contributed by atoms with van der Waals surface area (Å²) in [5.74, 6) is -0.203. The number of hydrogen-bond acceptors (Lipinski definition) is 5. The van der Waals surface area contributed by atoms with Crippen molar-refractivity contribution in [2.24, 2.45) is 5.41 Å². The molecule has 0 radical (unpaired) electrons. The molecule has 0 saturated carbocycles. The number of ketones is 1. The van der Waals surface area contributed by atoms with Gasteiger partial charge in [-0.05, 0) is 24.0 Å². The van der Waals surface area contributed by atoms with Crippen molar-refractivity contribution in [1.82, 2.24) is 9.97 Å². The van der Waals surface area contributed by atoms with Crippen molar-refractivity contribution in [3.05, 3.63) is 40.7 Å². The zero-order valence-corrected chi connectivity index (χ0v) is 12.7. The van der Waals surface area contributed by atoms with E-state index in [4.69, 9.17) is 0 Å². The van der Waals surface area contributed by atoms with Crippen molar-refractivity contribution in [2.75, 3.05) is 5.32 Å². The molecule has 0 aromatic carbocycles. The standard InChI is InChI=1S/C15H15N3O2S/c1-15(2)7-10-12(11(19)8-15)21-14(17-10)18-13(20)9-5-3-4-6-16-9/h3-6H,7-8H2,1-2H3,(H,17,18,20). The molecule has 0 fully saturated rings. The normalized spacial score (nSPS) is 16.4. The summed E-state index contributed by atoms with van der Waals surface area (Å²) >= 11 is 1.25. The summed E-state index contributed by atoms with van der Waals surface area (Å²) in [5, 5.41) is 3.18. The van der Waals surface area contributed by atoms with Crippen LogP contribution in [0.15, 0.2) is 24.4 Å². The fourth-order valence-electron chi connectivity index (χ4n) is 2.43. The summed E-state index contributed by atoms with van der Waals surface area (Å²) in [7, 11) is 0. The van der Waals surface area contributed by atoms with Gasteiger partial charge in [0.1, 0.15) is 5.69 Å². The van der Waals surface area contributed by atoms with Gasteiger partial charge in [0.15, 0.2) is 10.9 Å². The van der Waals surface area contributed by atoms with Crippen LogP contribution in [0.4, 0.5) is 5.13 Å². The Kier molecular flexibility index (Phi) is 3.33. The summed E-state index contributed by atoms with van der Waals surface area (Å²) < 4.78 is 0. The average molecular weight is 301 g/mol. The van der Waals surface area contributed by atoms with Crippen LogP contribution in [-0.2, 0) is 6.42 Å². The molecule has 3 rings (SSSR count). The molecule has 5 nitrogen and oxygen atoms in total. The molecule has 1 amide bonds. The molecule has 2 aromatic rings. The van der Waals surface area contributed by atoms with Crippen LogP contribution in [0.3, 0.4) is 0 Å². The summed E-state index contributed by atoms with van der Waals surface area (Å²) in [6.07, 6.45) is 2.84. The first-order valence-corrected chi connectivity index (χ1v) is 7.51. The lowest BCUT2D eigenvalue weighted by Crippen LogP contribution is -2.26. The SMILES string of the molecule is CC1(C)CC(=O)c2sc(NC(=O)c3ccccn3)nc2C1. The van der Waals surface area contributed by atoms with Gasteiger partial charge < -0.3 is 0 Å². The van der Waals surface area contributed by atoms with Gasteiger partial charge in [-0.3, -0.25) is 19.9 Å². The number of nitrogens with one attached hydrogen (secondary N) is 1. The molecule has 2 aromatic heterocycles. The first kappa shape index (κ1) is 13.9. The summed E-state index contributed by atoms with van der Waals surface area (Å²) in [6, 6.07) is 5.14. The topological polar surface area (TPSA) is 72.0 Å². The Hall–Kier alpha value is -2.08. The molecule has 0 spiro atoms. The quantitative estimate of drug-likeness (QED) is 0.925. The Morgan fingerprint density at radius 1 is 1.33 bits per heavy atom. The van der Waals surface area contributed by atoms with Crippen LogP contribution >= 0.6 is 11.3 Å². The molecule has 0 bridgehead atoms. The van der Waals surface area contributed by atoms with Crippen LogP contribution in [-0.4, -0.2) is 21.7 Å². The van der Waals surface area contributed by atoms with Crippen molar-refractivity contribution in [1.29, 1.82) is 0 Å². The lowest BCUT2D eigenvalue weighted by atomic mass is 9.78. The second-order valence-electron chi connectivity index (χ2n) is 5.90. The van der Waals surface area contributed by atoms with Crippen LogP contribution in [0.25, 0.3) is 0 Å². The van der Waals surface area contributed by atoms with Gasteiger partial charge in [-0.25, -0.2) is 4.98 Å². The molecule has 0 saturated heterocycles. The number of carbonyl (C=O) groups is 2. The van der Waals surface area contributed by atoms with E-state index in [1.807, 2.05) is 0 Å². The van der Waals surface area contributed by atoms with Gasteiger partial charge in [0, 0.05) is 12.6 Å². The van der Waals surface area contributed by atoms with E-state index in [0.717, 1.165) is 12.1 Å². The lowest BCUT2D eigenvalue weighted by molar-refractivity contribution is 0.0915. The van der Waals surface area contributed by atoms with E-state index in [0.29, 0.717) is 22.1 Å². The van der Waals surface area contributed by atoms with Crippen molar-refractivity contribution < 1.29 is 9.59 Å². The smallest absolute Gasteiger partial charge is 0.276 e. The van der Waals surface area contributed by atoms with Crippen LogP contribution in [0.2, 0.25) is 0 Å². The number of Topliss-reactive ketones (excluding diaryl/α,β-unsaturated/α-hetero) is 1. The van der Waals surface area contributed by atoms with Crippen molar-refractivity contribution >= 4 is 28.2 Å². The van der Waals surface area contributed by atoms with Crippen molar-refractivity contribution in [3.8, 4) is 0 Å². The number of rotatable bonds is 2. The molecular formula is C15H15N3O2S. The Labute approximate surface area is 126 Å². The zero-order chi connectivity index (χ0) is 15.0. The first-order chi connectivity index (χ1) is 9.94. The number of thiazole rings is 1. The monoisotopic (exact) mass is 301 g/mol. The predicted octanol–water partition coefficient (Wildman–Crippen LogP) is 2.95. The third-order valence-corrected chi connectivity index (χ3v) is 4.41. The second-order valence-corrected chi connectivity index (χ2v) is 6.90. The van der Waals surface area contributed by atoms with Gasteiger partial charge in [0.05, 0.1) is 10.6 Å². The lowest BCUT2D eigenvalue weighted by Gasteiger charge is -2.26. The Balaban J connectivity index is 1.83. The van der Waals surface area contributed by atoms with Crippen LogP contribution in [0.5, 0.6) is 0 Å². The van der Waals surface area contributed by atoms with Gasteiger partial charge in [0.25, 0.3) is 5.91 Å². The summed E-state index contributed by atoms with van der Waals surface area (Å²) in [5.41, 5.74) is 1.05.